The molecule has 0 aliphatic rings. The second-order valence-electron chi connectivity index (χ2n) is 5.74. The van der Waals surface area contributed by atoms with Gasteiger partial charge in [0.05, 0.1) is 16.4 Å². The number of carbonyl (C=O) groups excluding carboxylic acids is 1. The Morgan fingerprint density at radius 2 is 1.92 bits per heavy atom. The maximum Gasteiger partial charge on any atom is 0.435 e. The van der Waals surface area contributed by atoms with Crippen molar-refractivity contribution >= 4 is 17.5 Å². The van der Waals surface area contributed by atoms with Crippen LogP contribution < -0.4 is 5.32 Å². The number of aromatic nitrogens is 4. The molecule has 0 atom stereocenters. The molecule has 0 spiro atoms. The van der Waals surface area contributed by atoms with E-state index in [9.17, 15) is 18.0 Å². The average molecular weight is 378 g/mol. The molecule has 0 fully saturated rings. The molecule has 10 heteroatoms. The molecule has 1 N–H and O–H groups in total. The molecule has 2 heterocycles. The third kappa shape index (κ3) is 4.75. The van der Waals surface area contributed by atoms with Crippen molar-refractivity contribution in [2.75, 3.05) is 6.54 Å². The number of hydrogen-bond acceptors (Lipinski definition) is 3. The van der Waals surface area contributed by atoms with Gasteiger partial charge in [-0.2, -0.15) is 23.4 Å². The van der Waals surface area contributed by atoms with Gasteiger partial charge in [0.2, 0.25) is 5.91 Å². The minimum Gasteiger partial charge on any atom is -0.354 e. The summed E-state index contributed by atoms with van der Waals surface area (Å²) < 4.78 is 40.6. The topological polar surface area (TPSA) is 64.7 Å². The van der Waals surface area contributed by atoms with Gasteiger partial charge in [0.15, 0.2) is 5.69 Å². The zero-order chi connectivity index (χ0) is 18.8. The van der Waals surface area contributed by atoms with E-state index in [1.165, 1.54) is 6.92 Å². The van der Waals surface area contributed by atoms with Gasteiger partial charge < -0.3 is 5.32 Å². The van der Waals surface area contributed by atoms with Crippen LogP contribution in [0.25, 0.3) is 0 Å². The predicted molar refractivity (Wildman–Crippen MR) is 86.3 cm³/mol. The molecule has 0 radical (unpaired) electrons. The average Bonchev–Trinajstić information content (AvgIpc) is 2.99. The van der Waals surface area contributed by atoms with Gasteiger partial charge in [-0.05, 0) is 33.3 Å². The number of rotatable bonds is 6. The van der Waals surface area contributed by atoms with E-state index < -0.39 is 17.8 Å². The van der Waals surface area contributed by atoms with Crippen LogP contribution in [0.2, 0.25) is 5.02 Å². The Labute approximate surface area is 147 Å². The fraction of sp³-hybridized carbons (Fsp3) is 0.533. The molecule has 6 nitrogen and oxygen atoms in total. The summed E-state index contributed by atoms with van der Waals surface area (Å²) in [6.45, 7) is 5.85. The van der Waals surface area contributed by atoms with E-state index in [4.69, 9.17) is 11.6 Å². The minimum atomic E-state index is -4.52. The van der Waals surface area contributed by atoms with Crippen molar-refractivity contribution in [1.82, 2.24) is 24.9 Å². The third-order valence-electron chi connectivity index (χ3n) is 3.73. The number of nitrogens with zero attached hydrogens (tertiary/aromatic N) is 4. The first-order chi connectivity index (χ1) is 11.6. The lowest BCUT2D eigenvalue weighted by atomic mass is 10.3. The van der Waals surface area contributed by atoms with E-state index in [2.05, 4.69) is 15.5 Å². The van der Waals surface area contributed by atoms with Crippen LogP contribution in [-0.4, -0.2) is 32.0 Å². The molecule has 0 aliphatic carbocycles. The summed E-state index contributed by atoms with van der Waals surface area (Å²) >= 11 is 6.06. The minimum absolute atomic E-state index is 0.256. The Kier molecular flexibility index (Phi) is 5.76. The van der Waals surface area contributed by atoms with Crippen LogP contribution in [0.1, 0.15) is 29.2 Å². The highest BCUT2D eigenvalue weighted by molar-refractivity contribution is 6.31. The van der Waals surface area contributed by atoms with Gasteiger partial charge in [-0.15, -0.1) is 0 Å². The first kappa shape index (κ1) is 19.3. The van der Waals surface area contributed by atoms with Crippen LogP contribution in [0, 0.1) is 20.8 Å². The van der Waals surface area contributed by atoms with E-state index >= 15 is 0 Å². The summed E-state index contributed by atoms with van der Waals surface area (Å²) in [4.78, 5) is 11.9. The molecule has 25 heavy (non-hydrogen) atoms. The van der Waals surface area contributed by atoms with Gasteiger partial charge in [0.25, 0.3) is 0 Å². The highest BCUT2D eigenvalue weighted by Gasteiger charge is 2.34. The monoisotopic (exact) mass is 377 g/mol. The van der Waals surface area contributed by atoms with Crippen molar-refractivity contribution in [1.29, 1.82) is 0 Å². The van der Waals surface area contributed by atoms with Crippen LogP contribution in [0.15, 0.2) is 6.07 Å². The lowest BCUT2D eigenvalue weighted by Crippen LogP contribution is -2.30. The van der Waals surface area contributed by atoms with E-state index in [1.807, 2.05) is 13.8 Å². The largest absolute Gasteiger partial charge is 0.435 e. The van der Waals surface area contributed by atoms with Crippen molar-refractivity contribution in [3.8, 4) is 0 Å². The molecule has 0 aliphatic heterocycles. The Morgan fingerprint density at radius 3 is 2.44 bits per heavy atom. The van der Waals surface area contributed by atoms with Crippen LogP contribution in [0.4, 0.5) is 13.2 Å². The molecule has 138 valence electrons. The molecule has 1 amide bonds. The normalized spacial score (nSPS) is 11.8. The highest BCUT2D eigenvalue weighted by Crippen LogP contribution is 2.28. The van der Waals surface area contributed by atoms with Gasteiger partial charge in [0, 0.05) is 18.8 Å². The van der Waals surface area contributed by atoms with Crippen LogP contribution in [0.5, 0.6) is 0 Å². The van der Waals surface area contributed by atoms with Crippen LogP contribution in [0.3, 0.4) is 0 Å². The van der Waals surface area contributed by atoms with E-state index in [-0.39, 0.29) is 12.2 Å². The van der Waals surface area contributed by atoms with E-state index in [0.29, 0.717) is 24.5 Å². The Bertz CT molecular complexity index is 766. The van der Waals surface area contributed by atoms with Crippen molar-refractivity contribution in [3.63, 3.8) is 0 Å². The molecule has 0 aromatic carbocycles. The number of aryl methyl sites for hydroxylation is 3. The van der Waals surface area contributed by atoms with Crippen molar-refractivity contribution in [2.45, 2.75) is 46.5 Å². The zero-order valence-corrected chi connectivity index (χ0v) is 14.9. The molecule has 0 bridgehead atoms. The van der Waals surface area contributed by atoms with Crippen LogP contribution >= 0.6 is 11.6 Å². The highest BCUT2D eigenvalue weighted by atomic mass is 35.5. The quantitative estimate of drug-likeness (QED) is 0.787. The summed E-state index contributed by atoms with van der Waals surface area (Å²) in [6, 6.07) is 0.917. The molecular formula is C15H19ClF3N5O. The molecule has 2 aromatic rings. The number of carbonyl (C=O) groups is 1. The maximum absolute atomic E-state index is 12.6. The molecule has 2 aromatic heterocycles. The number of hydrogen-bond donors (Lipinski definition) is 1. The molecule has 0 saturated heterocycles. The summed E-state index contributed by atoms with van der Waals surface area (Å²) in [7, 11) is 0. The third-order valence-corrected chi connectivity index (χ3v) is 4.27. The fourth-order valence-corrected chi connectivity index (χ4v) is 2.49. The molecule has 0 unspecified atom stereocenters. The summed E-state index contributed by atoms with van der Waals surface area (Å²) in [5, 5.41) is 11.0. The van der Waals surface area contributed by atoms with Gasteiger partial charge in [0.1, 0.15) is 6.54 Å². The van der Waals surface area contributed by atoms with Gasteiger partial charge in [-0.25, -0.2) is 0 Å². The second kappa shape index (κ2) is 7.47. The zero-order valence-electron chi connectivity index (χ0n) is 14.1. The predicted octanol–water partition coefficient (Wildman–Crippen LogP) is 2.88. The van der Waals surface area contributed by atoms with Crippen LogP contribution in [-0.2, 0) is 24.1 Å². The summed E-state index contributed by atoms with van der Waals surface area (Å²) in [6.07, 6.45) is -3.90. The van der Waals surface area contributed by atoms with Gasteiger partial charge in [-0.3, -0.25) is 14.2 Å². The van der Waals surface area contributed by atoms with Gasteiger partial charge >= 0.3 is 6.18 Å². The SMILES string of the molecule is Cc1nn(CCCNC(=O)Cn2nc(C(F)(F)F)cc2C)c(C)c1Cl. The smallest absolute Gasteiger partial charge is 0.354 e. The number of amides is 1. The molecule has 0 saturated carbocycles. The van der Waals surface area contributed by atoms with Crippen molar-refractivity contribution in [3.05, 3.63) is 33.9 Å². The number of alkyl halides is 3. The lowest BCUT2D eigenvalue weighted by Gasteiger charge is -2.08. The molecular weight excluding hydrogens is 359 g/mol. The van der Waals surface area contributed by atoms with Crippen molar-refractivity contribution < 1.29 is 18.0 Å². The maximum atomic E-state index is 12.6. The first-order valence-electron chi connectivity index (χ1n) is 7.67. The van der Waals surface area contributed by atoms with E-state index in [1.54, 1.807) is 4.68 Å². The van der Waals surface area contributed by atoms with Crippen molar-refractivity contribution in [2.24, 2.45) is 0 Å². The summed E-state index contributed by atoms with van der Waals surface area (Å²) in [5.74, 6) is -0.397. The summed E-state index contributed by atoms with van der Waals surface area (Å²) in [5.41, 5.74) is 0.883. The lowest BCUT2D eigenvalue weighted by molar-refractivity contribution is -0.141. The van der Waals surface area contributed by atoms with E-state index in [0.717, 1.165) is 22.1 Å². The first-order valence-corrected chi connectivity index (χ1v) is 8.05. The Morgan fingerprint density at radius 1 is 1.24 bits per heavy atom. The second-order valence-corrected chi connectivity index (χ2v) is 6.12. The number of halogens is 4. The number of nitrogens with one attached hydrogen (secondary N) is 1. The Hall–Kier alpha value is -2.03. The molecule has 2 rings (SSSR count). The standard InChI is InChI=1S/C15H19ClF3N5O/c1-9-7-12(15(17,18)19)22-24(9)8-13(25)20-5-4-6-23-11(3)14(16)10(2)21-23/h7H,4-6,8H2,1-3H3,(H,20,25). The Balaban J connectivity index is 1.81. The fourth-order valence-electron chi connectivity index (χ4n) is 2.35. The van der Waals surface area contributed by atoms with Gasteiger partial charge in [-0.1, -0.05) is 11.6 Å².